The van der Waals surface area contributed by atoms with Gasteiger partial charge in [-0.15, -0.1) is 0 Å². The van der Waals surface area contributed by atoms with Crippen LogP contribution in [0.1, 0.15) is 23.9 Å². The number of aliphatic carboxylic acids is 1. The van der Waals surface area contributed by atoms with Crippen molar-refractivity contribution >= 4 is 11.7 Å². The van der Waals surface area contributed by atoms with Crippen LogP contribution in [0.4, 0.5) is 4.39 Å². The number of ether oxygens (including phenoxy) is 1. The van der Waals surface area contributed by atoms with Gasteiger partial charge in [0.2, 0.25) is 5.89 Å². The maximum Gasteiger partial charge on any atom is 0.312 e. The van der Waals surface area contributed by atoms with Crippen molar-refractivity contribution in [1.29, 1.82) is 0 Å². The Labute approximate surface area is 185 Å². The fraction of sp³-hybridized carbons (Fsp3) is 0.292. The molecule has 0 aliphatic rings. The highest BCUT2D eigenvalue weighted by Gasteiger charge is 2.22. The number of aryl methyl sites for hydroxylation is 1. The number of hydrogen-bond donors (Lipinski definition) is 1. The molecule has 0 aliphatic carbocycles. The lowest BCUT2D eigenvalue weighted by molar-refractivity contribution is -0.139. The lowest BCUT2D eigenvalue weighted by Crippen LogP contribution is -2.24. The monoisotopic (exact) mass is 440 g/mol. The summed E-state index contributed by atoms with van der Waals surface area (Å²) >= 11 is 0. The molecule has 1 unspecified atom stereocenters. The number of oxazole rings is 1. The second-order valence-corrected chi connectivity index (χ2v) is 7.28. The highest BCUT2D eigenvalue weighted by Crippen LogP contribution is 2.23. The summed E-state index contributed by atoms with van der Waals surface area (Å²) in [5.74, 6) is -0.358. The molecule has 1 aromatic heterocycles. The van der Waals surface area contributed by atoms with Gasteiger partial charge in [-0.25, -0.2) is 9.37 Å². The molecular weight excluding hydrogens is 415 g/mol. The summed E-state index contributed by atoms with van der Waals surface area (Å²) in [5, 5.41) is 13.2. The average molecular weight is 440 g/mol. The summed E-state index contributed by atoms with van der Waals surface area (Å²) < 4.78 is 24.9. The maximum atomic E-state index is 13.4. The standard InChI is InChI=1S/C24H25FN2O5/c1-15(27-30-3)21(24(28)29)13-17-7-9-20(10-8-17)31-12-11-22-16(2)32-23(26-22)18-5-4-6-19(25)14-18/h4-10,14,21H,11-13H2,1-3H3,(H,28,29). The maximum absolute atomic E-state index is 13.4. The minimum Gasteiger partial charge on any atom is -0.493 e. The van der Waals surface area contributed by atoms with Gasteiger partial charge in [0.1, 0.15) is 30.4 Å². The van der Waals surface area contributed by atoms with Gasteiger partial charge < -0.3 is 19.1 Å². The van der Waals surface area contributed by atoms with Gasteiger partial charge in [-0.05, 0) is 56.2 Å². The first-order valence-electron chi connectivity index (χ1n) is 10.1. The quantitative estimate of drug-likeness (QED) is 0.364. The van der Waals surface area contributed by atoms with E-state index in [1.165, 1.54) is 19.2 Å². The number of carboxylic acid groups (broad SMARTS) is 1. The Hall–Kier alpha value is -3.68. The van der Waals surface area contributed by atoms with Crippen molar-refractivity contribution in [2.24, 2.45) is 11.1 Å². The molecular formula is C24H25FN2O5. The topological polar surface area (TPSA) is 94.2 Å². The second kappa shape index (κ2) is 10.6. The normalized spacial score (nSPS) is 12.4. The van der Waals surface area contributed by atoms with Crippen molar-refractivity contribution in [3.8, 4) is 17.2 Å². The Bertz CT molecular complexity index is 1090. The SMILES string of the molecule is CON=C(C)C(Cc1ccc(OCCc2nc(-c3cccc(F)c3)oc2C)cc1)C(=O)O. The van der Waals surface area contributed by atoms with Crippen LogP contribution in [0.5, 0.6) is 5.75 Å². The second-order valence-electron chi connectivity index (χ2n) is 7.28. The van der Waals surface area contributed by atoms with E-state index in [4.69, 9.17) is 9.15 Å². The Balaban J connectivity index is 1.57. The molecule has 168 valence electrons. The van der Waals surface area contributed by atoms with E-state index in [0.717, 1.165) is 11.3 Å². The van der Waals surface area contributed by atoms with Crippen molar-refractivity contribution in [2.75, 3.05) is 13.7 Å². The van der Waals surface area contributed by atoms with Crippen LogP contribution in [-0.2, 0) is 22.5 Å². The van der Waals surface area contributed by atoms with Crippen LogP contribution in [0.15, 0.2) is 58.1 Å². The molecule has 1 N–H and O–H groups in total. The zero-order valence-corrected chi connectivity index (χ0v) is 18.2. The highest BCUT2D eigenvalue weighted by molar-refractivity contribution is 6.00. The fourth-order valence-corrected chi connectivity index (χ4v) is 3.25. The number of carboxylic acids is 1. The third-order valence-electron chi connectivity index (χ3n) is 4.97. The van der Waals surface area contributed by atoms with Gasteiger partial charge in [-0.3, -0.25) is 4.79 Å². The third kappa shape index (κ3) is 5.94. The number of halogens is 1. The van der Waals surface area contributed by atoms with E-state index in [1.807, 2.05) is 19.1 Å². The molecule has 1 heterocycles. The van der Waals surface area contributed by atoms with Gasteiger partial charge in [-0.2, -0.15) is 0 Å². The first-order chi connectivity index (χ1) is 15.4. The molecule has 0 fully saturated rings. The van der Waals surface area contributed by atoms with Gasteiger partial charge in [-0.1, -0.05) is 23.4 Å². The smallest absolute Gasteiger partial charge is 0.312 e. The van der Waals surface area contributed by atoms with Crippen LogP contribution in [-0.4, -0.2) is 35.5 Å². The Kier molecular flexibility index (Phi) is 7.59. The number of carbonyl (C=O) groups is 1. The highest BCUT2D eigenvalue weighted by atomic mass is 19.1. The molecule has 0 radical (unpaired) electrons. The van der Waals surface area contributed by atoms with E-state index in [0.29, 0.717) is 48.1 Å². The summed E-state index contributed by atoms with van der Waals surface area (Å²) in [6.07, 6.45) is 0.829. The summed E-state index contributed by atoms with van der Waals surface area (Å²) in [7, 11) is 1.39. The van der Waals surface area contributed by atoms with Crippen molar-refractivity contribution < 1.29 is 28.3 Å². The minimum atomic E-state index is -0.954. The molecule has 0 bridgehead atoms. The van der Waals surface area contributed by atoms with E-state index >= 15 is 0 Å². The van der Waals surface area contributed by atoms with Gasteiger partial charge in [0.05, 0.1) is 18.0 Å². The molecule has 1 atom stereocenters. The molecule has 3 rings (SSSR count). The van der Waals surface area contributed by atoms with Crippen molar-refractivity contribution in [3.63, 3.8) is 0 Å². The van der Waals surface area contributed by atoms with Gasteiger partial charge >= 0.3 is 5.97 Å². The average Bonchev–Trinajstić information content (AvgIpc) is 3.13. The van der Waals surface area contributed by atoms with Crippen LogP contribution >= 0.6 is 0 Å². The van der Waals surface area contributed by atoms with E-state index in [9.17, 15) is 14.3 Å². The van der Waals surface area contributed by atoms with Crippen LogP contribution in [0.2, 0.25) is 0 Å². The van der Waals surface area contributed by atoms with Crippen LogP contribution in [0, 0.1) is 18.7 Å². The molecule has 2 aromatic carbocycles. The van der Waals surface area contributed by atoms with Crippen LogP contribution < -0.4 is 4.74 Å². The van der Waals surface area contributed by atoms with E-state index in [1.54, 1.807) is 31.2 Å². The van der Waals surface area contributed by atoms with Gasteiger partial charge in [0.15, 0.2) is 0 Å². The molecule has 0 saturated heterocycles. The fourth-order valence-electron chi connectivity index (χ4n) is 3.25. The zero-order chi connectivity index (χ0) is 23.1. The molecule has 32 heavy (non-hydrogen) atoms. The number of aromatic nitrogens is 1. The lowest BCUT2D eigenvalue weighted by Gasteiger charge is -2.12. The van der Waals surface area contributed by atoms with Crippen LogP contribution in [0.25, 0.3) is 11.5 Å². The summed E-state index contributed by atoms with van der Waals surface area (Å²) in [5.41, 5.74) is 2.59. The Morgan fingerprint density at radius 1 is 1.25 bits per heavy atom. The number of benzene rings is 2. The number of hydrogen-bond acceptors (Lipinski definition) is 6. The first kappa shape index (κ1) is 23.0. The minimum absolute atomic E-state index is 0.301. The summed E-state index contributed by atoms with van der Waals surface area (Å²) in [6.45, 7) is 3.83. The molecule has 0 amide bonds. The number of nitrogens with zero attached hydrogens (tertiary/aromatic N) is 2. The van der Waals surface area contributed by atoms with E-state index < -0.39 is 11.9 Å². The molecule has 8 heteroatoms. The Morgan fingerprint density at radius 2 is 2.00 bits per heavy atom. The molecule has 0 saturated carbocycles. The van der Waals surface area contributed by atoms with Crippen LogP contribution in [0.3, 0.4) is 0 Å². The lowest BCUT2D eigenvalue weighted by atomic mass is 9.95. The van der Waals surface area contributed by atoms with Crippen molar-refractivity contribution in [1.82, 2.24) is 4.98 Å². The first-order valence-corrected chi connectivity index (χ1v) is 10.1. The third-order valence-corrected chi connectivity index (χ3v) is 4.97. The molecule has 7 nitrogen and oxygen atoms in total. The number of rotatable bonds is 10. The molecule has 3 aromatic rings. The van der Waals surface area contributed by atoms with Crippen molar-refractivity contribution in [3.05, 3.63) is 71.4 Å². The summed E-state index contributed by atoms with van der Waals surface area (Å²) in [4.78, 5) is 20.7. The predicted octanol–water partition coefficient (Wildman–Crippen LogP) is 4.68. The summed E-state index contributed by atoms with van der Waals surface area (Å²) in [6, 6.07) is 13.4. The molecule has 0 spiro atoms. The largest absolute Gasteiger partial charge is 0.493 e. The van der Waals surface area contributed by atoms with E-state index in [2.05, 4.69) is 15.0 Å². The van der Waals surface area contributed by atoms with Crippen molar-refractivity contribution in [2.45, 2.75) is 26.7 Å². The Morgan fingerprint density at radius 3 is 2.66 bits per heavy atom. The zero-order valence-electron chi connectivity index (χ0n) is 18.2. The van der Waals surface area contributed by atoms with E-state index in [-0.39, 0.29) is 5.82 Å². The molecule has 0 aliphatic heterocycles. The van der Waals surface area contributed by atoms with Gasteiger partial charge in [0, 0.05) is 12.0 Å². The predicted molar refractivity (Wildman–Crippen MR) is 117 cm³/mol. The van der Waals surface area contributed by atoms with Gasteiger partial charge in [0.25, 0.3) is 0 Å². The number of oxime groups is 1.